The van der Waals surface area contributed by atoms with Crippen LogP contribution in [0.4, 0.5) is 0 Å². The van der Waals surface area contributed by atoms with Crippen LogP contribution in [-0.4, -0.2) is 43.0 Å². The molecule has 0 radical (unpaired) electrons. The number of ether oxygens (including phenoxy) is 1. The van der Waals surface area contributed by atoms with Crippen LogP contribution in [0.3, 0.4) is 0 Å². The van der Waals surface area contributed by atoms with Gasteiger partial charge in [0.05, 0.1) is 0 Å². The summed E-state index contributed by atoms with van der Waals surface area (Å²) >= 11 is 1.43. The van der Waals surface area contributed by atoms with E-state index in [1.165, 1.54) is 11.3 Å². The molecule has 0 bridgehead atoms. The lowest BCUT2D eigenvalue weighted by atomic mass is 10.2. The molecule has 0 fully saturated rings. The standard InChI is InChI=1S/C16H21N3O2S/c1-12-5-4-6-13(9-12)21-10-15-18-14(11-22-15)16(20)17-7-8-19(2)3/h4-6,9,11H,7-8,10H2,1-3H3,(H,17,20). The van der Waals surface area contributed by atoms with Crippen LogP contribution in [0.25, 0.3) is 0 Å². The number of nitrogens with one attached hydrogen (secondary N) is 1. The Morgan fingerprint density at radius 3 is 2.95 bits per heavy atom. The molecule has 1 N–H and O–H groups in total. The van der Waals surface area contributed by atoms with Gasteiger partial charge in [-0.2, -0.15) is 0 Å². The van der Waals surface area contributed by atoms with Crippen LogP contribution in [0.2, 0.25) is 0 Å². The van der Waals surface area contributed by atoms with Crippen molar-refractivity contribution in [3.63, 3.8) is 0 Å². The van der Waals surface area contributed by atoms with Crippen LogP contribution in [0.15, 0.2) is 29.6 Å². The van der Waals surface area contributed by atoms with Crippen LogP contribution in [0.1, 0.15) is 21.1 Å². The van der Waals surface area contributed by atoms with E-state index in [2.05, 4.69) is 10.3 Å². The van der Waals surface area contributed by atoms with Gasteiger partial charge < -0.3 is 15.0 Å². The second-order valence-electron chi connectivity index (χ2n) is 5.29. The summed E-state index contributed by atoms with van der Waals surface area (Å²) in [5, 5.41) is 5.40. The molecule has 22 heavy (non-hydrogen) atoms. The topological polar surface area (TPSA) is 54.5 Å². The summed E-state index contributed by atoms with van der Waals surface area (Å²) in [5.41, 5.74) is 1.60. The second kappa shape index (κ2) is 7.91. The van der Waals surface area contributed by atoms with Gasteiger partial charge in [0.1, 0.15) is 23.1 Å². The number of rotatable bonds is 7. The normalized spacial score (nSPS) is 10.7. The summed E-state index contributed by atoms with van der Waals surface area (Å²) < 4.78 is 5.69. The summed E-state index contributed by atoms with van der Waals surface area (Å²) in [6.07, 6.45) is 0. The number of amides is 1. The molecular weight excluding hydrogens is 298 g/mol. The third kappa shape index (κ3) is 5.13. The largest absolute Gasteiger partial charge is 0.486 e. The van der Waals surface area contributed by atoms with Crippen LogP contribution in [0, 0.1) is 6.92 Å². The average molecular weight is 319 g/mol. The van der Waals surface area contributed by atoms with Gasteiger partial charge in [0.15, 0.2) is 0 Å². The molecule has 1 aromatic carbocycles. The molecular formula is C16H21N3O2S. The highest BCUT2D eigenvalue weighted by Crippen LogP contribution is 2.16. The quantitative estimate of drug-likeness (QED) is 0.851. The van der Waals surface area contributed by atoms with Gasteiger partial charge >= 0.3 is 0 Å². The summed E-state index contributed by atoms with van der Waals surface area (Å²) in [7, 11) is 3.94. The van der Waals surface area contributed by atoms with Crippen molar-refractivity contribution in [2.24, 2.45) is 0 Å². The smallest absolute Gasteiger partial charge is 0.270 e. The van der Waals surface area contributed by atoms with Gasteiger partial charge in [0.2, 0.25) is 0 Å². The number of aryl methyl sites for hydroxylation is 1. The lowest BCUT2D eigenvalue weighted by Crippen LogP contribution is -2.31. The molecule has 1 amide bonds. The summed E-state index contributed by atoms with van der Waals surface area (Å²) in [6, 6.07) is 7.86. The molecule has 1 aromatic heterocycles. The lowest BCUT2D eigenvalue weighted by molar-refractivity contribution is 0.0946. The Labute approximate surface area is 134 Å². The molecule has 0 saturated carbocycles. The number of aromatic nitrogens is 1. The van der Waals surface area contributed by atoms with Crippen molar-refractivity contribution in [2.75, 3.05) is 27.2 Å². The van der Waals surface area contributed by atoms with Crippen molar-refractivity contribution in [3.05, 3.63) is 45.9 Å². The van der Waals surface area contributed by atoms with Gasteiger partial charge in [-0.15, -0.1) is 11.3 Å². The van der Waals surface area contributed by atoms with E-state index >= 15 is 0 Å². The molecule has 6 heteroatoms. The number of likely N-dealkylation sites (N-methyl/N-ethyl adjacent to an activating group) is 1. The minimum Gasteiger partial charge on any atom is -0.486 e. The summed E-state index contributed by atoms with van der Waals surface area (Å²) in [5.74, 6) is 0.673. The van der Waals surface area contributed by atoms with Crippen LogP contribution in [0.5, 0.6) is 5.75 Å². The number of carbonyl (C=O) groups is 1. The maximum atomic E-state index is 11.9. The Morgan fingerprint density at radius 2 is 2.23 bits per heavy atom. The number of hydrogen-bond acceptors (Lipinski definition) is 5. The minimum atomic E-state index is -0.139. The molecule has 0 unspecified atom stereocenters. The Hall–Kier alpha value is -1.92. The second-order valence-corrected chi connectivity index (χ2v) is 6.23. The number of benzene rings is 1. The minimum absolute atomic E-state index is 0.139. The molecule has 5 nitrogen and oxygen atoms in total. The number of nitrogens with zero attached hydrogens (tertiary/aromatic N) is 2. The zero-order valence-electron chi connectivity index (χ0n) is 13.1. The zero-order chi connectivity index (χ0) is 15.9. The molecule has 0 aliphatic carbocycles. The van der Waals surface area contributed by atoms with E-state index < -0.39 is 0 Å². The van der Waals surface area contributed by atoms with Crippen LogP contribution >= 0.6 is 11.3 Å². The first-order valence-electron chi connectivity index (χ1n) is 7.11. The third-order valence-electron chi connectivity index (χ3n) is 2.98. The summed E-state index contributed by atoms with van der Waals surface area (Å²) in [4.78, 5) is 18.3. The molecule has 2 rings (SSSR count). The van der Waals surface area contributed by atoms with E-state index in [-0.39, 0.29) is 5.91 Å². The fourth-order valence-electron chi connectivity index (χ4n) is 1.82. The molecule has 2 aromatic rings. The first-order valence-corrected chi connectivity index (χ1v) is 7.99. The highest BCUT2D eigenvalue weighted by Gasteiger charge is 2.10. The average Bonchev–Trinajstić information content (AvgIpc) is 2.94. The fourth-order valence-corrected chi connectivity index (χ4v) is 2.50. The van der Waals surface area contributed by atoms with Crippen molar-refractivity contribution in [1.82, 2.24) is 15.2 Å². The predicted octanol–water partition coefficient (Wildman–Crippen LogP) is 2.32. The number of hydrogen-bond donors (Lipinski definition) is 1. The van der Waals surface area contributed by atoms with Crippen molar-refractivity contribution < 1.29 is 9.53 Å². The molecule has 0 saturated heterocycles. The molecule has 0 atom stereocenters. The van der Waals surface area contributed by atoms with Gasteiger partial charge in [0.25, 0.3) is 5.91 Å². The van der Waals surface area contributed by atoms with Crippen molar-refractivity contribution in [1.29, 1.82) is 0 Å². The van der Waals surface area contributed by atoms with Gasteiger partial charge in [-0.05, 0) is 38.7 Å². The Balaban J connectivity index is 1.84. The molecule has 1 heterocycles. The Bertz CT molecular complexity index is 625. The Morgan fingerprint density at radius 1 is 1.41 bits per heavy atom. The fraction of sp³-hybridized carbons (Fsp3) is 0.375. The van der Waals surface area contributed by atoms with Crippen LogP contribution in [-0.2, 0) is 6.61 Å². The molecule has 118 valence electrons. The number of thiazole rings is 1. The number of carbonyl (C=O) groups excluding carboxylic acids is 1. The third-order valence-corrected chi connectivity index (χ3v) is 3.80. The maximum Gasteiger partial charge on any atom is 0.270 e. The highest BCUT2D eigenvalue weighted by atomic mass is 32.1. The summed E-state index contributed by atoms with van der Waals surface area (Å²) in [6.45, 7) is 3.81. The molecule has 0 aliphatic heterocycles. The van der Waals surface area contributed by atoms with E-state index in [0.29, 0.717) is 18.8 Å². The predicted molar refractivity (Wildman–Crippen MR) is 88.5 cm³/mol. The van der Waals surface area contributed by atoms with Crippen molar-refractivity contribution in [2.45, 2.75) is 13.5 Å². The molecule has 0 spiro atoms. The molecule has 0 aliphatic rings. The SMILES string of the molecule is Cc1cccc(OCc2nc(C(=O)NCCN(C)C)cs2)c1. The highest BCUT2D eigenvalue weighted by molar-refractivity contribution is 7.09. The maximum absolute atomic E-state index is 11.9. The van der Waals surface area contributed by atoms with Crippen molar-refractivity contribution in [3.8, 4) is 5.75 Å². The zero-order valence-corrected chi connectivity index (χ0v) is 13.9. The van der Waals surface area contributed by atoms with Crippen molar-refractivity contribution >= 4 is 17.2 Å². The van der Waals surface area contributed by atoms with E-state index in [4.69, 9.17) is 4.74 Å². The first kappa shape index (κ1) is 16.5. The van der Waals surface area contributed by atoms with E-state index in [0.717, 1.165) is 22.9 Å². The lowest BCUT2D eigenvalue weighted by Gasteiger charge is -2.09. The first-order chi connectivity index (χ1) is 10.5. The van der Waals surface area contributed by atoms with E-state index in [1.807, 2.05) is 50.2 Å². The monoisotopic (exact) mass is 319 g/mol. The van der Waals surface area contributed by atoms with Gasteiger partial charge in [-0.3, -0.25) is 4.79 Å². The van der Waals surface area contributed by atoms with Crippen LogP contribution < -0.4 is 10.1 Å². The van der Waals surface area contributed by atoms with Gasteiger partial charge in [-0.25, -0.2) is 4.98 Å². The van der Waals surface area contributed by atoms with E-state index in [1.54, 1.807) is 5.38 Å². The van der Waals surface area contributed by atoms with Gasteiger partial charge in [-0.1, -0.05) is 12.1 Å². The van der Waals surface area contributed by atoms with E-state index in [9.17, 15) is 4.79 Å². The Kier molecular flexibility index (Phi) is 5.91. The van der Waals surface area contributed by atoms with Gasteiger partial charge in [0, 0.05) is 18.5 Å².